The summed E-state index contributed by atoms with van der Waals surface area (Å²) in [7, 11) is 0. The Kier molecular flexibility index (Phi) is 4.28. The van der Waals surface area contributed by atoms with E-state index in [-0.39, 0.29) is 0 Å². The number of hydrogen-bond donors (Lipinski definition) is 1. The molecule has 1 aliphatic heterocycles. The van der Waals surface area contributed by atoms with E-state index in [0.29, 0.717) is 12.6 Å². The molecule has 0 saturated carbocycles. The van der Waals surface area contributed by atoms with Gasteiger partial charge in [0.1, 0.15) is 0 Å². The van der Waals surface area contributed by atoms with E-state index in [1.807, 2.05) is 6.92 Å². The number of nitrogens with two attached hydrogens (primary N) is 1. The fourth-order valence-corrected chi connectivity index (χ4v) is 2.24. The van der Waals surface area contributed by atoms with Crippen LogP contribution in [0.25, 0.3) is 0 Å². The van der Waals surface area contributed by atoms with Crippen molar-refractivity contribution in [3.63, 3.8) is 0 Å². The number of rotatable bonds is 4. The Labute approximate surface area is 102 Å². The average Bonchev–Trinajstić information content (AvgIpc) is 2.40. The van der Waals surface area contributed by atoms with Crippen LogP contribution in [0, 0.1) is 0 Å². The first-order valence-corrected chi connectivity index (χ1v) is 6.21. The van der Waals surface area contributed by atoms with E-state index in [2.05, 4.69) is 14.9 Å². The number of anilines is 1. The van der Waals surface area contributed by atoms with Crippen LogP contribution >= 0.6 is 0 Å². The third kappa shape index (κ3) is 2.92. The standard InChI is InChI=1S/C12H20N4O/c1-2-17-10-3-7-16(8-4-10)12-11(9-13)14-5-6-15-12/h5-6,10H,2-4,7-9,13H2,1H3. The van der Waals surface area contributed by atoms with Gasteiger partial charge in [0.05, 0.1) is 11.8 Å². The van der Waals surface area contributed by atoms with Crippen molar-refractivity contribution >= 4 is 5.82 Å². The summed E-state index contributed by atoms with van der Waals surface area (Å²) in [5.41, 5.74) is 6.56. The molecule has 0 aliphatic carbocycles. The predicted octanol–water partition coefficient (Wildman–Crippen LogP) is 0.941. The van der Waals surface area contributed by atoms with Gasteiger partial charge in [0, 0.05) is 38.6 Å². The Morgan fingerprint density at radius 1 is 1.35 bits per heavy atom. The Balaban J connectivity index is 2.00. The van der Waals surface area contributed by atoms with E-state index in [9.17, 15) is 0 Å². The number of hydrogen-bond acceptors (Lipinski definition) is 5. The van der Waals surface area contributed by atoms with Crippen molar-refractivity contribution in [2.24, 2.45) is 5.73 Å². The Hall–Kier alpha value is -1.20. The van der Waals surface area contributed by atoms with Crippen molar-refractivity contribution in [2.45, 2.75) is 32.4 Å². The number of nitrogens with zero attached hydrogens (tertiary/aromatic N) is 3. The van der Waals surface area contributed by atoms with Crippen LogP contribution in [0.1, 0.15) is 25.5 Å². The zero-order chi connectivity index (χ0) is 12.1. The first kappa shape index (κ1) is 12.3. The molecule has 2 N–H and O–H groups in total. The molecule has 5 heteroatoms. The van der Waals surface area contributed by atoms with Crippen LogP contribution < -0.4 is 10.6 Å². The van der Waals surface area contributed by atoms with Gasteiger partial charge >= 0.3 is 0 Å². The van der Waals surface area contributed by atoms with E-state index in [1.54, 1.807) is 12.4 Å². The van der Waals surface area contributed by atoms with Crippen LogP contribution in [0.3, 0.4) is 0 Å². The van der Waals surface area contributed by atoms with Crippen molar-refractivity contribution < 1.29 is 4.74 Å². The van der Waals surface area contributed by atoms with Crippen molar-refractivity contribution in [3.8, 4) is 0 Å². The maximum Gasteiger partial charge on any atom is 0.151 e. The summed E-state index contributed by atoms with van der Waals surface area (Å²) in [4.78, 5) is 10.9. The fraction of sp³-hybridized carbons (Fsp3) is 0.667. The lowest BCUT2D eigenvalue weighted by Gasteiger charge is -2.33. The summed E-state index contributed by atoms with van der Waals surface area (Å²) in [5, 5.41) is 0. The first-order valence-electron chi connectivity index (χ1n) is 6.21. The number of piperidine rings is 1. The van der Waals surface area contributed by atoms with Gasteiger partial charge in [-0.2, -0.15) is 0 Å². The third-order valence-electron chi connectivity index (χ3n) is 3.09. The topological polar surface area (TPSA) is 64.3 Å². The molecule has 0 bridgehead atoms. The highest BCUT2D eigenvalue weighted by atomic mass is 16.5. The highest BCUT2D eigenvalue weighted by molar-refractivity contribution is 5.43. The maximum atomic E-state index is 5.68. The molecule has 0 spiro atoms. The van der Waals surface area contributed by atoms with Crippen molar-refractivity contribution in [1.29, 1.82) is 0 Å². The molecule has 1 aromatic heterocycles. The van der Waals surface area contributed by atoms with Crippen LogP contribution in [0.4, 0.5) is 5.82 Å². The van der Waals surface area contributed by atoms with E-state index >= 15 is 0 Å². The minimum Gasteiger partial charge on any atom is -0.378 e. The van der Waals surface area contributed by atoms with Crippen molar-refractivity contribution in [3.05, 3.63) is 18.1 Å². The second-order valence-corrected chi connectivity index (χ2v) is 4.17. The Bertz CT molecular complexity index is 350. The molecular formula is C12H20N4O. The van der Waals surface area contributed by atoms with Gasteiger partial charge in [-0.05, 0) is 19.8 Å². The molecule has 0 radical (unpaired) electrons. The molecule has 0 aromatic carbocycles. The highest BCUT2D eigenvalue weighted by Gasteiger charge is 2.21. The first-order chi connectivity index (χ1) is 8.35. The molecule has 1 saturated heterocycles. The van der Waals surface area contributed by atoms with Crippen LogP contribution in [0.2, 0.25) is 0 Å². The molecule has 0 atom stereocenters. The van der Waals surface area contributed by atoms with Crippen LogP contribution in [-0.2, 0) is 11.3 Å². The lowest BCUT2D eigenvalue weighted by molar-refractivity contribution is 0.0458. The summed E-state index contributed by atoms with van der Waals surface area (Å²) >= 11 is 0. The molecule has 0 unspecified atom stereocenters. The van der Waals surface area contributed by atoms with Gasteiger partial charge in [0.15, 0.2) is 5.82 Å². The van der Waals surface area contributed by atoms with E-state index in [0.717, 1.165) is 44.0 Å². The number of ether oxygens (including phenoxy) is 1. The Morgan fingerprint density at radius 3 is 2.71 bits per heavy atom. The van der Waals surface area contributed by atoms with E-state index < -0.39 is 0 Å². The quantitative estimate of drug-likeness (QED) is 0.843. The monoisotopic (exact) mass is 236 g/mol. The average molecular weight is 236 g/mol. The predicted molar refractivity (Wildman–Crippen MR) is 66.8 cm³/mol. The van der Waals surface area contributed by atoms with Crippen molar-refractivity contribution in [2.75, 3.05) is 24.6 Å². The summed E-state index contributed by atoms with van der Waals surface area (Å²) in [5.74, 6) is 0.935. The van der Waals surface area contributed by atoms with Gasteiger partial charge in [0.2, 0.25) is 0 Å². The van der Waals surface area contributed by atoms with Gasteiger partial charge in [-0.25, -0.2) is 4.98 Å². The number of aromatic nitrogens is 2. The van der Waals surface area contributed by atoms with Crippen LogP contribution in [0.15, 0.2) is 12.4 Å². The zero-order valence-electron chi connectivity index (χ0n) is 10.3. The molecule has 1 fully saturated rings. The molecule has 1 aromatic rings. The minimum atomic E-state index is 0.397. The van der Waals surface area contributed by atoms with Crippen LogP contribution in [0.5, 0.6) is 0 Å². The minimum absolute atomic E-state index is 0.397. The summed E-state index contributed by atoms with van der Waals surface area (Å²) in [6.07, 6.45) is 5.92. The molecule has 2 heterocycles. The normalized spacial score (nSPS) is 17.4. The van der Waals surface area contributed by atoms with Gasteiger partial charge in [0.25, 0.3) is 0 Å². The summed E-state index contributed by atoms with van der Waals surface area (Å²) in [6.45, 7) is 5.21. The molecular weight excluding hydrogens is 216 g/mol. The second-order valence-electron chi connectivity index (χ2n) is 4.17. The summed E-state index contributed by atoms with van der Waals surface area (Å²) < 4.78 is 5.64. The lowest BCUT2D eigenvalue weighted by atomic mass is 10.1. The largest absolute Gasteiger partial charge is 0.378 e. The molecule has 17 heavy (non-hydrogen) atoms. The Morgan fingerprint density at radius 2 is 2.06 bits per heavy atom. The summed E-state index contributed by atoms with van der Waals surface area (Å²) in [6, 6.07) is 0. The molecule has 5 nitrogen and oxygen atoms in total. The van der Waals surface area contributed by atoms with E-state index in [4.69, 9.17) is 10.5 Å². The molecule has 94 valence electrons. The van der Waals surface area contributed by atoms with Gasteiger partial charge in [-0.15, -0.1) is 0 Å². The highest BCUT2D eigenvalue weighted by Crippen LogP contribution is 2.21. The molecule has 1 aliphatic rings. The van der Waals surface area contributed by atoms with Gasteiger partial charge in [-0.3, -0.25) is 4.98 Å². The second kappa shape index (κ2) is 5.93. The fourth-order valence-electron chi connectivity index (χ4n) is 2.24. The smallest absolute Gasteiger partial charge is 0.151 e. The van der Waals surface area contributed by atoms with Crippen molar-refractivity contribution in [1.82, 2.24) is 9.97 Å². The third-order valence-corrected chi connectivity index (χ3v) is 3.09. The molecule has 0 amide bonds. The van der Waals surface area contributed by atoms with E-state index in [1.165, 1.54) is 0 Å². The molecule has 2 rings (SSSR count). The SMILES string of the molecule is CCOC1CCN(c2nccnc2CN)CC1. The maximum absolute atomic E-state index is 5.68. The lowest BCUT2D eigenvalue weighted by Crippen LogP contribution is -2.38. The zero-order valence-corrected chi connectivity index (χ0v) is 10.3. The van der Waals surface area contributed by atoms with Gasteiger partial charge in [-0.1, -0.05) is 0 Å². The van der Waals surface area contributed by atoms with Gasteiger partial charge < -0.3 is 15.4 Å². The van der Waals surface area contributed by atoms with Crippen LogP contribution in [-0.4, -0.2) is 35.8 Å².